The molecule has 1 saturated heterocycles. The van der Waals surface area contributed by atoms with Crippen LogP contribution in [0.5, 0.6) is 0 Å². The maximum absolute atomic E-state index is 6.04. The average molecular weight is 302 g/mol. The standard InChI is InChI=1S/C17H22N2OS/c1-2-8-19-17(16-12-21-11-10-20-16)14-5-3-7-15-13(14)6-4-9-18-15/h3-7,9,16-17,19H,2,8,10-12H2,1H3. The number of hydrogen-bond donors (Lipinski definition) is 1. The minimum Gasteiger partial charge on any atom is -0.375 e. The van der Waals surface area contributed by atoms with Crippen molar-refractivity contribution in [3.05, 3.63) is 42.1 Å². The lowest BCUT2D eigenvalue weighted by Crippen LogP contribution is -2.38. The molecular weight excluding hydrogens is 280 g/mol. The Hall–Kier alpha value is -1.10. The fraction of sp³-hybridized carbons (Fsp3) is 0.471. The number of nitrogens with zero attached hydrogens (tertiary/aromatic N) is 1. The molecule has 1 fully saturated rings. The fourth-order valence-corrected chi connectivity index (χ4v) is 3.74. The number of thioether (sulfide) groups is 1. The van der Waals surface area contributed by atoms with Crippen LogP contribution >= 0.6 is 11.8 Å². The van der Waals surface area contributed by atoms with Gasteiger partial charge in [-0.2, -0.15) is 11.8 Å². The summed E-state index contributed by atoms with van der Waals surface area (Å²) >= 11 is 1.98. The molecule has 1 aliphatic heterocycles. The summed E-state index contributed by atoms with van der Waals surface area (Å²) in [6, 6.07) is 10.8. The van der Waals surface area contributed by atoms with Crippen molar-refractivity contribution >= 4 is 22.7 Å². The average Bonchev–Trinajstić information content (AvgIpc) is 2.56. The zero-order chi connectivity index (χ0) is 14.5. The Kier molecular flexibility index (Phi) is 5.12. The van der Waals surface area contributed by atoms with Crippen LogP contribution in [0.1, 0.15) is 24.9 Å². The molecule has 1 aromatic heterocycles. The van der Waals surface area contributed by atoms with Gasteiger partial charge in [0.25, 0.3) is 0 Å². The molecule has 4 heteroatoms. The molecule has 2 aromatic rings. The highest BCUT2D eigenvalue weighted by Gasteiger charge is 2.27. The molecule has 3 nitrogen and oxygen atoms in total. The van der Waals surface area contributed by atoms with Gasteiger partial charge in [-0.05, 0) is 30.7 Å². The van der Waals surface area contributed by atoms with Crippen LogP contribution in [0.15, 0.2) is 36.5 Å². The first-order valence-corrected chi connectivity index (χ1v) is 8.82. The van der Waals surface area contributed by atoms with Gasteiger partial charge in [0.15, 0.2) is 0 Å². The largest absolute Gasteiger partial charge is 0.375 e. The molecule has 2 atom stereocenters. The van der Waals surface area contributed by atoms with Crippen LogP contribution in [0.25, 0.3) is 10.9 Å². The van der Waals surface area contributed by atoms with Crippen LogP contribution in [0.2, 0.25) is 0 Å². The molecule has 3 rings (SSSR count). The summed E-state index contributed by atoms with van der Waals surface area (Å²) in [7, 11) is 0. The first kappa shape index (κ1) is 14.8. The van der Waals surface area contributed by atoms with E-state index in [-0.39, 0.29) is 12.1 Å². The molecule has 0 spiro atoms. The Morgan fingerprint density at radius 1 is 1.38 bits per heavy atom. The van der Waals surface area contributed by atoms with Gasteiger partial charge in [0.2, 0.25) is 0 Å². The Balaban J connectivity index is 1.96. The second-order valence-corrected chi connectivity index (χ2v) is 6.48. The van der Waals surface area contributed by atoms with Crippen LogP contribution in [-0.4, -0.2) is 35.7 Å². The molecule has 0 amide bonds. The highest BCUT2D eigenvalue weighted by atomic mass is 32.2. The smallest absolute Gasteiger partial charge is 0.0860 e. The van der Waals surface area contributed by atoms with Gasteiger partial charge in [0.05, 0.1) is 24.3 Å². The SMILES string of the molecule is CCCNC(c1cccc2ncccc12)C1CSCCO1. The van der Waals surface area contributed by atoms with E-state index in [1.54, 1.807) is 0 Å². The number of benzene rings is 1. The predicted molar refractivity (Wildman–Crippen MR) is 89.8 cm³/mol. The minimum atomic E-state index is 0.237. The summed E-state index contributed by atoms with van der Waals surface area (Å²) in [5.74, 6) is 2.16. The maximum atomic E-state index is 6.04. The molecule has 0 saturated carbocycles. The third-order valence-electron chi connectivity index (χ3n) is 3.84. The molecule has 1 aliphatic rings. The quantitative estimate of drug-likeness (QED) is 0.918. The van der Waals surface area contributed by atoms with E-state index in [0.717, 1.165) is 36.6 Å². The summed E-state index contributed by atoms with van der Waals surface area (Å²) in [6.07, 6.45) is 3.22. The second-order valence-electron chi connectivity index (χ2n) is 5.33. The maximum Gasteiger partial charge on any atom is 0.0860 e. The Morgan fingerprint density at radius 2 is 2.33 bits per heavy atom. The van der Waals surface area contributed by atoms with E-state index < -0.39 is 0 Å². The van der Waals surface area contributed by atoms with E-state index in [9.17, 15) is 0 Å². The van der Waals surface area contributed by atoms with Crippen molar-refractivity contribution < 1.29 is 4.74 Å². The van der Waals surface area contributed by atoms with E-state index in [4.69, 9.17) is 4.74 Å². The first-order valence-electron chi connectivity index (χ1n) is 7.66. The van der Waals surface area contributed by atoms with E-state index >= 15 is 0 Å². The van der Waals surface area contributed by atoms with Crippen LogP contribution in [-0.2, 0) is 4.74 Å². The molecule has 21 heavy (non-hydrogen) atoms. The lowest BCUT2D eigenvalue weighted by atomic mass is 9.97. The first-order chi connectivity index (χ1) is 10.4. The van der Waals surface area contributed by atoms with Crippen molar-refractivity contribution in [3.8, 4) is 0 Å². The monoisotopic (exact) mass is 302 g/mol. The van der Waals surface area contributed by atoms with Gasteiger partial charge in [-0.25, -0.2) is 0 Å². The van der Waals surface area contributed by atoms with Crippen molar-refractivity contribution in [1.82, 2.24) is 10.3 Å². The van der Waals surface area contributed by atoms with Gasteiger partial charge in [-0.3, -0.25) is 4.98 Å². The number of ether oxygens (including phenoxy) is 1. The van der Waals surface area contributed by atoms with E-state index in [0.29, 0.717) is 0 Å². The third kappa shape index (κ3) is 3.39. The van der Waals surface area contributed by atoms with Crippen molar-refractivity contribution in [3.63, 3.8) is 0 Å². The summed E-state index contributed by atoms with van der Waals surface area (Å²) in [5.41, 5.74) is 2.36. The van der Waals surface area contributed by atoms with Crippen molar-refractivity contribution in [2.75, 3.05) is 24.7 Å². The Labute approximate surface area is 130 Å². The van der Waals surface area contributed by atoms with Gasteiger partial charge in [0, 0.05) is 23.1 Å². The number of rotatable bonds is 5. The van der Waals surface area contributed by atoms with E-state index in [2.05, 4.69) is 41.5 Å². The third-order valence-corrected chi connectivity index (χ3v) is 4.86. The molecule has 0 radical (unpaired) electrons. The van der Waals surface area contributed by atoms with E-state index in [1.807, 2.05) is 24.0 Å². The molecule has 0 aliphatic carbocycles. The number of pyridine rings is 1. The van der Waals surface area contributed by atoms with Gasteiger partial charge in [0.1, 0.15) is 0 Å². The number of hydrogen-bond acceptors (Lipinski definition) is 4. The zero-order valence-electron chi connectivity index (χ0n) is 12.4. The second kappa shape index (κ2) is 7.25. The van der Waals surface area contributed by atoms with Gasteiger partial charge < -0.3 is 10.1 Å². The summed E-state index contributed by atoms with van der Waals surface area (Å²) < 4.78 is 6.04. The Bertz CT molecular complexity index is 579. The molecule has 112 valence electrons. The van der Waals surface area contributed by atoms with Gasteiger partial charge in [-0.1, -0.05) is 25.1 Å². The molecule has 0 bridgehead atoms. The summed E-state index contributed by atoms with van der Waals surface area (Å²) in [4.78, 5) is 4.48. The number of fused-ring (bicyclic) bond motifs is 1. The highest BCUT2D eigenvalue weighted by Crippen LogP contribution is 2.30. The van der Waals surface area contributed by atoms with Crippen LogP contribution in [0.4, 0.5) is 0 Å². The lowest BCUT2D eigenvalue weighted by Gasteiger charge is -2.32. The Morgan fingerprint density at radius 3 is 3.14 bits per heavy atom. The number of aromatic nitrogens is 1. The highest BCUT2D eigenvalue weighted by molar-refractivity contribution is 7.99. The summed E-state index contributed by atoms with van der Waals surface area (Å²) in [5, 5.41) is 4.91. The van der Waals surface area contributed by atoms with Gasteiger partial charge >= 0.3 is 0 Å². The fourth-order valence-electron chi connectivity index (χ4n) is 2.84. The zero-order valence-corrected chi connectivity index (χ0v) is 13.2. The molecule has 1 aromatic carbocycles. The number of nitrogens with one attached hydrogen (secondary N) is 1. The van der Waals surface area contributed by atoms with E-state index in [1.165, 1.54) is 10.9 Å². The van der Waals surface area contributed by atoms with Crippen LogP contribution in [0.3, 0.4) is 0 Å². The molecule has 2 heterocycles. The minimum absolute atomic E-state index is 0.237. The van der Waals surface area contributed by atoms with Crippen LogP contribution in [0, 0.1) is 0 Å². The normalized spacial score (nSPS) is 20.5. The lowest BCUT2D eigenvalue weighted by molar-refractivity contribution is 0.0472. The predicted octanol–water partition coefficient (Wildman–Crippen LogP) is 3.41. The van der Waals surface area contributed by atoms with Crippen molar-refractivity contribution in [1.29, 1.82) is 0 Å². The van der Waals surface area contributed by atoms with Crippen molar-refractivity contribution in [2.45, 2.75) is 25.5 Å². The van der Waals surface area contributed by atoms with Crippen molar-refractivity contribution in [2.24, 2.45) is 0 Å². The molecule has 2 unspecified atom stereocenters. The molecular formula is C17H22N2OS. The molecule has 1 N–H and O–H groups in total. The van der Waals surface area contributed by atoms with Crippen LogP contribution < -0.4 is 5.32 Å². The summed E-state index contributed by atoms with van der Waals surface area (Å²) in [6.45, 7) is 4.06. The van der Waals surface area contributed by atoms with Gasteiger partial charge in [-0.15, -0.1) is 0 Å². The topological polar surface area (TPSA) is 34.2 Å².